The Labute approximate surface area is 91.1 Å². The molecule has 0 radical (unpaired) electrons. The molecular formula is C12H19NO2. The Morgan fingerprint density at radius 2 is 2.00 bits per heavy atom. The predicted octanol–water partition coefficient (Wildman–Crippen LogP) is 2.11. The minimum absolute atomic E-state index is 0.145. The highest BCUT2D eigenvalue weighted by molar-refractivity contribution is 5.56. The van der Waals surface area contributed by atoms with Gasteiger partial charge in [-0.15, -0.1) is 0 Å². The molecule has 0 atom stereocenters. The number of hydrogen-bond donors (Lipinski definition) is 2. The minimum Gasteiger partial charge on any atom is -0.494 e. The zero-order valence-corrected chi connectivity index (χ0v) is 9.63. The van der Waals surface area contributed by atoms with Crippen LogP contribution in [0.5, 0.6) is 5.75 Å². The van der Waals surface area contributed by atoms with Gasteiger partial charge in [-0.3, -0.25) is 0 Å². The lowest BCUT2D eigenvalue weighted by Gasteiger charge is -2.13. The number of anilines is 1. The fraction of sp³-hybridized carbons (Fsp3) is 0.500. The van der Waals surface area contributed by atoms with Gasteiger partial charge in [0.1, 0.15) is 5.75 Å². The zero-order chi connectivity index (χ0) is 11.3. The molecule has 0 unspecified atom stereocenters. The van der Waals surface area contributed by atoms with Crippen molar-refractivity contribution in [3.8, 4) is 5.75 Å². The van der Waals surface area contributed by atoms with E-state index in [-0.39, 0.29) is 6.61 Å². The van der Waals surface area contributed by atoms with E-state index in [1.54, 1.807) is 0 Å². The number of ether oxygens (including phenoxy) is 1. The molecule has 1 rings (SSSR count). The number of benzene rings is 1. The van der Waals surface area contributed by atoms with Crippen LogP contribution >= 0.6 is 0 Å². The van der Waals surface area contributed by atoms with E-state index >= 15 is 0 Å². The highest BCUT2D eigenvalue weighted by Gasteiger charge is 2.04. The molecule has 84 valence electrons. The van der Waals surface area contributed by atoms with Crippen LogP contribution in [-0.2, 0) is 0 Å². The van der Waals surface area contributed by atoms with Crippen molar-refractivity contribution in [1.82, 2.24) is 0 Å². The fourth-order valence-electron chi connectivity index (χ4n) is 1.48. The Kier molecular flexibility index (Phi) is 4.43. The molecule has 3 nitrogen and oxygen atoms in total. The quantitative estimate of drug-likeness (QED) is 0.780. The second-order valence-corrected chi connectivity index (χ2v) is 3.52. The Bertz CT molecular complexity index is 324. The van der Waals surface area contributed by atoms with Crippen LogP contribution in [0.4, 0.5) is 5.69 Å². The third-order valence-electron chi connectivity index (χ3n) is 2.25. The van der Waals surface area contributed by atoms with Crippen LogP contribution in [0.3, 0.4) is 0 Å². The monoisotopic (exact) mass is 209 g/mol. The molecule has 0 spiro atoms. The number of nitrogens with one attached hydrogen (secondary N) is 1. The summed E-state index contributed by atoms with van der Waals surface area (Å²) in [7, 11) is 0. The van der Waals surface area contributed by atoms with Crippen LogP contribution in [0, 0.1) is 13.8 Å². The van der Waals surface area contributed by atoms with Gasteiger partial charge < -0.3 is 15.2 Å². The Morgan fingerprint density at radius 1 is 1.27 bits per heavy atom. The van der Waals surface area contributed by atoms with Crippen molar-refractivity contribution in [2.24, 2.45) is 0 Å². The van der Waals surface area contributed by atoms with Crippen LogP contribution in [0.1, 0.15) is 18.1 Å². The first kappa shape index (κ1) is 11.9. The van der Waals surface area contributed by atoms with E-state index in [0.717, 1.165) is 22.6 Å². The van der Waals surface area contributed by atoms with Crippen molar-refractivity contribution < 1.29 is 9.84 Å². The van der Waals surface area contributed by atoms with Crippen molar-refractivity contribution in [2.45, 2.75) is 20.8 Å². The fourth-order valence-corrected chi connectivity index (χ4v) is 1.48. The largest absolute Gasteiger partial charge is 0.494 e. The maximum atomic E-state index is 8.74. The van der Waals surface area contributed by atoms with Gasteiger partial charge in [-0.05, 0) is 44.0 Å². The maximum absolute atomic E-state index is 8.74. The van der Waals surface area contributed by atoms with Gasteiger partial charge in [0.05, 0.1) is 13.2 Å². The summed E-state index contributed by atoms with van der Waals surface area (Å²) in [6.07, 6.45) is 0. The SMILES string of the molecule is CCOc1cc(C)c(NCCO)cc1C. The van der Waals surface area contributed by atoms with Crippen LogP contribution in [0.2, 0.25) is 0 Å². The molecule has 0 aromatic heterocycles. The number of aliphatic hydroxyl groups is 1. The summed E-state index contributed by atoms with van der Waals surface area (Å²) in [5.74, 6) is 0.935. The van der Waals surface area contributed by atoms with Gasteiger partial charge in [-0.2, -0.15) is 0 Å². The van der Waals surface area contributed by atoms with Gasteiger partial charge in [0, 0.05) is 12.2 Å². The Hall–Kier alpha value is -1.22. The molecule has 0 aliphatic rings. The topological polar surface area (TPSA) is 41.5 Å². The third kappa shape index (κ3) is 3.13. The molecule has 0 heterocycles. The van der Waals surface area contributed by atoms with Crippen molar-refractivity contribution in [2.75, 3.05) is 25.1 Å². The molecule has 0 aliphatic heterocycles. The summed E-state index contributed by atoms with van der Waals surface area (Å²) in [4.78, 5) is 0. The molecule has 1 aromatic carbocycles. The molecule has 0 saturated heterocycles. The number of hydrogen-bond acceptors (Lipinski definition) is 3. The summed E-state index contributed by atoms with van der Waals surface area (Å²) in [6.45, 7) is 7.44. The summed E-state index contributed by atoms with van der Waals surface area (Å²) in [6, 6.07) is 4.08. The predicted molar refractivity (Wildman–Crippen MR) is 62.7 cm³/mol. The molecule has 0 fully saturated rings. The first-order valence-electron chi connectivity index (χ1n) is 5.27. The zero-order valence-electron chi connectivity index (χ0n) is 9.63. The molecule has 2 N–H and O–H groups in total. The smallest absolute Gasteiger partial charge is 0.122 e. The highest BCUT2D eigenvalue weighted by atomic mass is 16.5. The van der Waals surface area contributed by atoms with E-state index in [4.69, 9.17) is 9.84 Å². The average Bonchev–Trinajstić information content (AvgIpc) is 2.21. The second kappa shape index (κ2) is 5.61. The second-order valence-electron chi connectivity index (χ2n) is 3.52. The lowest BCUT2D eigenvalue weighted by molar-refractivity contribution is 0.311. The number of rotatable bonds is 5. The lowest BCUT2D eigenvalue weighted by Crippen LogP contribution is -2.07. The van der Waals surface area contributed by atoms with Gasteiger partial charge in [0.15, 0.2) is 0 Å². The summed E-state index contributed by atoms with van der Waals surface area (Å²) < 4.78 is 5.50. The van der Waals surface area contributed by atoms with Crippen molar-refractivity contribution in [1.29, 1.82) is 0 Å². The molecule has 0 amide bonds. The third-order valence-corrected chi connectivity index (χ3v) is 2.25. The Morgan fingerprint density at radius 3 is 2.60 bits per heavy atom. The molecule has 0 aliphatic carbocycles. The van der Waals surface area contributed by atoms with Gasteiger partial charge in [-0.1, -0.05) is 0 Å². The number of aliphatic hydroxyl groups excluding tert-OH is 1. The van der Waals surface area contributed by atoms with Crippen molar-refractivity contribution in [3.05, 3.63) is 23.3 Å². The molecule has 1 aromatic rings. The van der Waals surface area contributed by atoms with E-state index in [1.807, 2.05) is 26.8 Å². The lowest BCUT2D eigenvalue weighted by atomic mass is 10.1. The summed E-state index contributed by atoms with van der Waals surface area (Å²) in [5.41, 5.74) is 3.31. The van der Waals surface area contributed by atoms with Crippen LogP contribution in [-0.4, -0.2) is 24.9 Å². The van der Waals surface area contributed by atoms with E-state index in [2.05, 4.69) is 11.4 Å². The molecule has 15 heavy (non-hydrogen) atoms. The molecule has 0 bridgehead atoms. The normalized spacial score (nSPS) is 10.1. The Balaban J connectivity index is 2.87. The van der Waals surface area contributed by atoms with Gasteiger partial charge in [0.2, 0.25) is 0 Å². The highest BCUT2D eigenvalue weighted by Crippen LogP contribution is 2.25. The first-order valence-corrected chi connectivity index (χ1v) is 5.27. The minimum atomic E-state index is 0.145. The molecular weight excluding hydrogens is 190 g/mol. The van der Waals surface area contributed by atoms with E-state index in [1.165, 1.54) is 0 Å². The number of aryl methyl sites for hydroxylation is 2. The van der Waals surface area contributed by atoms with E-state index in [0.29, 0.717) is 13.2 Å². The van der Waals surface area contributed by atoms with Crippen LogP contribution < -0.4 is 10.1 Å². The van der Waals surface area contributed by atoms with E-state index in [9.17, 15) is 0 Å². The van der Waals surface area contributed by atoms with Crippen molar-refractivity contribution >= 4 is 5.69 Å². The van der Waals surface area contributed by atoms with Crippen LogP contribution in [0.25, 0.3) is 0 Å². The van der Waals surface area contributed by atoms with Gasteiger partial charge >= 0.3 is 0 Å². The molecule has 3 heteroatoms. The van der Waals surface area contributed by atoms with E-state index < -0.39 is 0 Å². The maximum Gasteiger partial charge on any atom is 0.122 e. The van der Waals surface area contributed by atoms with Crippen LogP contribution in [0.15, 0.2) is 12.1 Å². The summed E-state index contributed by atoms with van der Waals surface area (Å²) in [5, 5.41) is 11.9. The summed E-state index contributed by atoms with van der Waals surface area (Å²) >= 11 is 0. The standard InChI is InChI=1S/C12H19NO2/c1-4-15-12-8-9(2)11(7-10(12)3)13-5-6-14/h7-8,13-14H,4-6H2,1-3H3. The average molecular weight is 209 g/mol. The van der Waals surface area contributed by atoms with Crippen molar-refractivity contribution in [3.63, 3.8) is 0 Å². The first-order chi connectivity index (χ1) is 7.19. The van der Waals surface area contributed by atoms with Gasteiger partial charge in [-0.25, -0.2) is 0 Å². The molecule has 0 saturated carbocycles. The van der Waals surface area contributed by atoms with Gasteiger partial charge in [0.25, 0.3) is 0 Å².